The van der Waals surface area contributed by atoms with Gasteiger partial charge >= 0.3 is 0 Å². The molecular formula is C18H21N3O3S. The highest BCUT2D eigenvalue weighted by Gasteiger charge is 2.30. The van der Waals surface area contributed by atoms with E-state index >= 15 is 0 Å². The van der Waals surface area contributed by atoms with Crippen molar-refractivity contribution in [3.05, 3.63) is 60.2 Å². The standard InChI is InChI=1S/C18H21N3O3S/c1-14-13-19-11-12-21(14)25(23,24)17-9-7-16(8-10-17)20-18(22)15-5-3-2-4-6-15/h2-10,14,19H,11-13H2,1H3,(H,20,22)/t14-/m0/s1. The number of nitrogens with one attached hydrogen (secondary N) is 2. The maximum Gasteiger partial charge on any atom is 0.255 e. The zero-order valence-electron chi connectivity index (χ0n) is 14.0. The Morgan fingerprint density at radius 1 is 1.12 bits per heavy atom. The Morgan fingerprint density at radius 2 is 1.80 bits per heavy atom. The van der Waals surface area contributed by atoms with Gasteiger partial charge in [-0.05, 0) is 43.3 Å². The van der Waals surface area contributed by atoms with Crippen LogP contribution in [0.1, 0.15) is 17.3 Å². The van der Waals surface area contributed by atoms with Crippen LogP contribution in [0.5, 0.6) is 0 Å². The molecule has 7 heteroatoms. The number of amides is 1. The van der Waals surface area contributed by atoms with Crippen molar-refractivity contribution >= 4 is 21.6 Å². The molecule has 2 N–H and O–H groups in total. The Hall–Kier alpha value is -2.22. The van der Waals surface area contributed by atoms with E-state index in [0.717, 1.165) is 0 Å². The minimum Gasteiger partial charge on any atom is -0.322 e. The maximum atomic E-state index is 12.8. The molecule has 0 saturated carbocycles. The van der Waals surface area contributed by atoms with E-state index < -0.39 is 10.0 Å². The lowest BCUT2D eigenvalue weighted by molar-refractivity contribution is 0.102. The maximum absolute atomic E-state index is 12.8. The second-order valence-corrected chi connectivity index (χ2v) is 7.90. The summed E-state index contributed by atoms with van der Waals surface area (Å²) in [6.07, 6.45) is 0. The number of carbonyl (C=O) groups is 1. The van der Waals surface area contributed by atoms with Crippen LogP contribution in [0.3, 0.4) is 0 Å². The predicted octanol–water partition coefficient (Wildman–Crippen LogP) is 1.92. The summed E-state index contributed by atoms with van der Waals surface area (Å²) in [5.41, 5.74) is 1.11. The largest absolute Gasteiger partial charge is 0.322 e. The van der Waals surface area contributed by atoms with Gasteiger partial charge < -0.3 is 10.6 Å². The first-order valence-electron chi connectivity index (χ1n) is 8.17. The first-order chi connectivity index (χ1) is 12.0. The molecule has 1 aliphatic rings. The van der Waals surface area contributed by atoms with Crippen LogP contribution < -0.4 is 10.6 Å². The summed E-state index contributed by atoms with van der Waals surface area (Å²) >= 11 is 0. The van der Waals surface area contributed by atoms with Gasteiger partial charge in [0.25, 0.3) is 5.91 Å². The summed E-state index contributed by atoms with van der Waals surface area (Å²) in [5.74, 6) is -0.230. The molecule has 0 bridgehead atoms. The van der Waals surface area contributed by atoms with Crippen molar-refractivity contribution in [2.45, 2.75) is 17.9 Å². The average molecular weight is 359 g/mol. The van der Waals surface area contributed by atoms with E-state index in [2.05, 4.69) is 10.6 Å². The van der Waals surface area contributed by atoms with Gasteiger partial charge in [0, 0.05) is 36.9 Å². The van der Waals surface area contributed by atoms with Gasteiger partial charge in [-0.25, -0.2) is 8.42 Å². The summed E-state index contributed by atoms with van der Waals surface area (Å²) in [7, 11) is -3.53. The fourth-order valence-corrected chi connectivity index (χ4v) is 4.45. The smallest absolute Gasteiger partial charge is 0.255 e. The lowest BCUT2D eigenvalue weighted by Crippen LogP contribution is -2.52. The van der Waals surface area contributed by atoms with Crippen molar-refractivity contribution in [1.29, 1.82) is 0 Å². The van der Waals surface area contributed by atoms with Crippen molar-refractivity contribution in [1.82, 2.24) is 9.62 Å². The number of hydrogen-bond donors (Lipinski definition) is 2. The topological polar surface area (TPSA) is 78.5 Å². The molecule has 1 amide bonds. The molecular weight excluding hydrogens is 338 g/mol. The van der Waals surface area contributed by atoms with E-state index in [1.165, 1.54) is 16.4 Å². The molecule has 0 radical (unpaired) electrons. The van der Waals surface area contributed by atoms with Gasteiger partial charge in [-0.2, -0.15) is 4.31 Å². The zero-order valence-corrected chi connectivity index (χ0v) is 14.8. The van der Waals surface area contributed by atoms with Gasteiger partial charge in [0.05, 0.1) is 4.90 Å². The molecule has 2 aromatic carbocycles. The predicted molar refractivity (Wildman–Crippen MR) is 97.1 cm³/mol. The van der Waals surface area contributed by atoms with Crippen molar-refractivity contribution in [2.24, 2.45) is 0 Å². The molecule has 1 fully saturated rings. The molecule has 1 atom stereocenters. The van der Waals surface area contributed by atoms with Crippen molar-refractivity contribution in [3.8, 4) is 0 Å². The number of hydrogen-bond acceptors (Lipinski definition) is 4. The van der Waals surface area contributed by atoms with Gasteiger partial charge in [-0.1, -0.05) is 18.2 Å². The van der Waals surface area contributed by atoms with Crippen LogP contribution in [0, 0.1) is 0 Å². The lowest BCUT2D eigenvalue weighted by Gasteiger charge is -2.32. The number of benzene rings is 2. The van der Waals surface area contributed by atoms with Gasteiger partial charge in [0.15, 0.2) is 0 Å². The van der Waals surface area contributed by atoms with Crippen molar-refractivity contribution in [2.75, 3.05) is 25.0 Å². The molecule has 1 heterocycles. The molecule has 1 aliphatic heterocycles. The molecule has 3 rings (SSSR count). The Bertz CT molecular complexity index is 836. The third-order valence-corrected chi connectivity index (χ3v) is 6.22. The van der Waals surface area contributed by atoms with Gasteiger partial charge in [0.2, 0.25) is 10.0 Å². The minimum absolute atomic E-state index is 0.0868. The monoisotopic (exact) mass is 359 g/mol. The molecule has 2 aromatic rings. The van der Waals surface area contributed by atoms with Crippen LogP contribution in [0.2, 0.25) is 0 Å². The third kappa shape index (κ3) is 3.89. The Morgan fingerprint density at radius 3 is 2.44 bits per heavy atom. The quantitative estimate of drug-likeness (QED) is 0.874. The Balaban J connectivity index is 1.74. The second-order valence-electron chi connectivity index (χ2n) is 6.01. The van der Waals surface area contributed by atoms with Crippen molar-refractivity contribution in [3.63, 3.8) is 0 Å². The fraction of sp³-hybridized carbons (Fsp3) is 0.278. The summed E-state index contributed by atoms with van der Waals surface area (Å²) in [4.78, 5) is 12.4. The lowest BCUT2D eigenvalue weighted by atomic mass is 10.2. The Kier molecular flexibility index (Phi) is 5.17. The minimum atomic E-state index is -3.53. The average Bonchev–Trinajstić information content (AvgIpc) is 2.63. The summed E-state index contributed by atoms with van der Waals surface area (Å²) in [6, 6.07) is 15.1. The van der Waals surface area contributed by atoms with Crippen molar-refractivity contribution < 1.29 is 13.2 Å². The number of sulfonamides is 1. The van der Waals surface area contributed by atoms with E-state index in [-0.39, 0.29) is 16.8 Å². The van der Waals surface area contributed by atoms with Crippen LogP contribution in [0.25, 0.3) is 0 Å². The fourth-order valence-electron chi connectivity index (χ4n) is 2.82. The molecule has 0 aliphatic carbocycles. The van der Waals surface area contributed by atoms with E-state index in [1.807, 2.05) is 13.0 Å². The molecule has 0 aromatic heterocycles. The van der Waals surface area contributed by atoms with Crippen LogP contribution >= 0.6 is 0 Å². The third-order valence-electron chi connectivity index (χ3n) is 4.20. The highest BCUT2D eigenvalue weighted by Crippen LogP contribution is 2.21. The first kappa shape index (κ1) is 17.6. The molecule has 25 heavy (non-hydrogen) atoms. The number of carbonyl (C=O) groups excluding carboxylic acids is 1. The molecule has 0 spiro atoms. The highest BCUT2D eigenvalue weighted by molar-refractivity contribution is 7.89. The second kappa shape index (κ2) is 7.35. The number of piperazine rings is 1. The van der Waals surface area contributed by atoms with E-state index in [1.54, 1.807) is 36.4 Å². The molecule has 0 unspecified atom stereocenters. The molecule has 132 valence electrons. The highest BCUT2D eigenvalue weighted by atomic mass is 32.2. The van der Waals surface area contributed by atoms with Gasteiger partial charge in [0.1, 0.15) is 0 Å². The Labute approximate surface area is 147 Å². The van der Waals surface area contributed by atoms with E-state index in [0.29, 0.717) is 30.9 Å². The number of anilines is 1. The van der Waals surface area contributed by atoms with Crippen LogP contribution in [0.15, 0.2) is 59.5 Å². The van der Waals surface area contributed by atoms with Gasteiger partial charge in [-0.3, -0.25) is 4.79 Å². The summed E-state index contributed by atoms with van der Waals surface area (Å²) in [6.45, 7) is 3.63. The zero-order chi connectivity index (χ0) is 17.9. The SMILES string of the molecule is C[C@H]1CNCCN1S(=O)(=O)c1ccc(NC(=O)c2ccccc2)cc1. The molecule has 6 nitrogen and oxygen atoms in total. The van der Waals surface area contributed by atoms with Gasteiger partial charge in [-0.15, -0.1) is 0 Å². The van der Waals surface area contributed by atoms with E-state index in [9.17, 15) is 13.2 Å². The number of rotatable bonds is 4. The molecule has 1 saturated heterocycles. The first-order valence-corrected chi connectivity index (χ1v) is 9.61. The summed E-state index contributed by atoms with van der Waals surface area (Å²) < 4.78 is 27.0. The van der Waals surface area contributed by atoms with E-state index in [4.69, 9.17) is 0 Å². The number of nitrogens with zero attached hydrogens (tertiary/aromatic N) is 1. The van der Waals surface area contributed by atoms with Crippen LogP contribution in [0.4, 0.5) is 5.69 Å². The normalized spacial score (nSPS) is 18.7. The summed E-state index contributed by atoms with van der Waals surface area (Å²) in [5, 5.41) is 5.95. The van der Waals surface area contributed by atoms with Crippen LogP contribution in [-0.4, -0.2) is 44.3 Å². The van der Waals surface area contributed by atoms with Crippen LogP contribution in [-0.2, 0) is 10.0 Å².